The van der Waals surface area contributed by atoms with Crippen LogP contribution in [0.3, 0.4) is 0 Å². The molecule has 0 radical (unpaired) electrons. The molecule has 0 atom stereocenters. The lowest BCUT2D eigenvalue weighted by atomic mass is 9.99. The zero-order chi connectivity index (χ0) is 19.6. The summed E-state index contributed by atoms with van der Waals surface area (Å²) in [4.78, 5) is 45.2. The zero-order valence-corrected chi connectivity index (χ0v) is 15.6. The van der Waals surface area contributed by atoms with E-state index in [4.69, 9.17) is 0 Å². The van der Waals surface area contributed by atoms with E-state index in [0.717, 1.165) is 15.7 Å². The number of nitrogens with one attached hydrogen (secondary N) is 1. The Balaban J connectivity index is 2.11. The predicted octanol–water partition coefficient (Wildman–Crippen LogP) is 2.39. The van der Waals surface area contributed by atoms with Crippen LogP contribution in [-0.4, -0.2) is 20.3 Å². The fourth-order valence-electron chi connectivity index (χ4n) is 3.18. The van der Waals surface area contributed by atoms with Gasteiger partial charge >= 0.3 is 5.69 Å². The van der Waals surface area contributed by atoms with Crippen LogP contribution in [0, 0.1) is 13.8 Å². The van der Waals surface area contributed by atoms with Crippen LogP contribution < -0.4 is 11.2 Å². The lowest BCUT2D eigenvalue weighted by molar-refractivity contribution is 0.103. The minimum atomic E-state index is -0.615. The first kappa shape index (κ1) is 18.5. The molecule has 0 spiro atoms. The number of aryl methyl sites for hydroxylation is 2. The quantitative estimate of drug-likeness (QED) is 0.706. The third-order valence-electron chi connectivity index (χ3n) is 4.39. The standard InChI is InChI=1S/C21H21N3O3/c1-4-17-18(19(25)15-10-13(2)9-14(3)11-15)23-21(27)24(20(17)26)12-16-7-5-6-8-22-16/h5-11H,4,12H2,1-3H3,(H,23,27). The number of benzene rings is 1. The van der Waals surface area contributed by atoms with Gasteiger partial charge in [0.15, 0.2) is 0 Å². The van der Waals surface area contributed by atoms with Crippen molar-refractivity contribution in [3.63, 3.8) is 0 Å². The number of aromatic amines is 1. The van der Waals surface area contributed by atoms with Crippen molar-refractivity contribution in [2.24, 2.45) is 0 Å². The Morgan fingerprint density at radius 3 is 2.41 bits per heavy atom. The van der Waals surface area contributed by atoms with Crippen LogP contribution in [0.15, 0.2) is 52.2 Å². The van der Waals surface area contributed by atoms with Gasteiger partial charge in [0.1, 0.15) is 0 Å². The Labute approximate surface area is 156 Å². The summed E-state index contributed by atoms with van der Waals surface area (Å²) < 4.78 is 1.08. The third kappa shape index (κ3) is 3.79. The molecule has 0 unspecified atom stereocenters. The summed E-state index contributed by atoms with van der Waals surface area (Å²) in [6, 6.07) is 10.8. The van der Waals surface area contributed by atoms with Gasteiger partial charge in [-0.2, -0.15) is 0 Å². The molecule has 27 heavy (non-hydrogen) atoms. The van der Waals surface area contributed by atoms with Crippen LogP contribution in [-0.2, 0) is 13.0 Å². The molecule has 0 aliphatic heterocycles. The monoisotopic (exact) mass is 363 g/mol. The van der Waals surface area contributed by atoms with Crippen LogP contribution in [0.1, 0.15) is 45.4 Å². The maximum Gasteiger partial charge on any atom is 0.329 e. The maximum absolute atomic E-state index is 13.0. The molecule has 6 nitrogen and oxygen atoms in total. The van der Waals surface area contributed by atoms with Crippen molar-refractivity contribution in [3.8, 4) is 0 Å². The summed E-state index contributed by atoms with van der Waals surface area (Å²) in [5.41, 5.74) is 2.24. The number of pyridine rings is 1. The van der Waals surface area contributed by atoms with E-state index in [1.807, 2.05) is 19.9 Å². The predicted molar refractivity (Wildman–Crippen MR) is 103 cm³/mol. The van der Waals surface area contributed by atoms with Gasteiger partial charge in [0.25, 0.3) is 5.56 Å². The number of rotatable bonds is 5. The van der Waals surface area contributed by atoms with E-state index < -0.39 is 11.2 Å². The molecule has 6 heteroatoms. The first-order valence-electron chi connectivity index (χ1n) is 8.79. The van der Waals surface area contributed by atoms with E-state index in [1.165, 1.54) is 0 Å². The highest BCUT2D eigenvalue weighted by atomic mass is 16.2. The third-order valence-corrected chi connectivity index (χ3v) is 4.39. The van der Waals surface area contributed by atoms with Gasteiger partial charge in [-0.05, 0) is 44.5 Å². The first-order chi connectivity index (χ1) is 12.9. The van der Waals surface area contributed by atoms with Gasteiger partial charge < -0.3 is 4.98 Å². The summed E-state index contributed by atoms with van der Waals surface area (Å²) in [7, 11) is 0. The van der Waals surface area contributed by atoms with Crippen molar-refractivity contribution < 1.29 is 4.79 Å². The zero-order valence-electron chi connectivity index (χ0n) is 15.6. The number of nitrogens with zero attached hydrogens (tertiary/aromatic N) is 2. The van der Waals surface area contributed by atoms with Gasteiger partial charge in [-0.3, -0.25) is 19.1 Å². The van der Waals surface area contributed by atoms with E-state index in [2.05, 4.69) is 9.97 Å². The minimum absolute atomic E-state index is 0.0556. The molecule has 0 aliphatic carbocycles. The van der Waals surface area contributed by atoms with Gasteiger partial charge in [-0.15, -0.1) is 0 Å². The average molecular weight is 363 g/mol. The van der Waals surface area contributed by atoms with E-state index >= 15 is 0 Å². The molecule has 0 amide bonds. The van der Waals surface area contributed by atoms with Crippen molar-refractivity contribution in [3.05, 3.63) is 97.1 Å². The molecule has 2 heterocycles. The average Bonchev–Trinajstić information content (AvgIpc) is 2.64. The Bertz CT molecular complexity index is 1090. The van der Waals surface area contributed by atoms with Crippen LogP contribution >= 0.6 is 0 Å². The Morgan fingerprint density at radius 1 is 1.11 bits per heavy atom. The first-order valence-corrected chi connectivity index (χ1v) is 8.79. The summed E-state index contributed by atoms with van der Waals surface area (Å²) in [6.45, 7) is 5.65. The van der Waals surface area contributed by atoms with Gasteiger partial charge in [0.2, 0.25) is 5.78 Å². The summed E-state index contributed by atoms with van der Waals surface area (Å²) >= 11 is 0. The SMILES string of the molecule is CCc1c(C(=O)c2cc(C)cc(C)c2)[nH]c(=O)n(Cc2ccccn2)c1=O. The highest BCUT2D eigenvalue weighted by Gasteiger charge is 2.20. The fourth-order valence-corrected chi connectivity index (χ4v) is 3.18. The number of carbonyl (C=O) groups is 1. The molecule has 0 aliphatic rings. The molecule has 3 rings (SSSR count). The number of hydrogen-bond donors (Lipinski definition) is 1. The molecule has 2 aromatic heterocycles. The van der Waals surface area contributed by atoms with Crippen molar-refractivity contribution in [1.29, 1.82) is 0 Å². The minimum Gasteiger partial charge on any atom is -0.303 e. The van der Waals surface area contributed by atoms with Crippen molar-refractivity contribution in [2.75, 3.05) is 0 Å². The Hall–Kier alpha value is -3.28. The number of aromatic nitrogens is 3. The smallest absolute Gasteiger partial charge is 0.303 e. The van der Waals surface area contributed by atoms with E-state index in [0.29, 0.717) is 23.2 Å². The molecule has 0 saturated carbocycles. The molecular weight excluding hydrogens is 342 g/mol. The van der Waals surface area contributed by atoms with Crippen LogP contribution in [0.5, 0.6) is 0 Å². The molecule has 0 fully saturated rings. The summed E-state index contributed by atoms with van der Waals surface area (Å²) in [5.74, 6) is -0.349. The summed E-state index contributed by atoms with van der Waals surface area (Å²) in [6.07, 6.45) is 1.94. The van der Waals surface area contributed by atoms with Crippen LogP contribution in [0.4, 0.5) is 0 Å². The van der Waals surface area contributed by atoms with Crippen LogP contribution in [0.2, 0.25) is 0 Å². The maximum atomic E-state index is 13.0. The largest absolute Gasteiger partial charge is 0.329 e. The molecule has 138 valence electrons. The lowest BCUT2D eigenvalue weighted by Gasteiger charge is -2.11. The number of H-pyrrole nitrogens is 1. The van der Waals surface area contributed by atoms with Crippen molar-refractivity contribution in [1.82, 2.24) is 14.5 Å². The Morgan fingerprint density at radius 2 is 1.81 bits per heavy atom. The number of carbonyl (C=O) groups excluding carboxylic acids is 1. The highest BCUT2D eigenvalue weighted by Crippen LogP contribution is 2.14. The van der Waals surface area contributed by atoms with E-state index in [-0.39, 0.29) is 18.0 Å². The van der Waals surface area contributed by atoms with Gasteiger partial charge in [-0.1, -0.05) is 30.2 Å². The second-order valence-corrected chi connectivity index (χ2v) is 6.56. The molecule has 1 aromatic carbocycles. The van der Waals surface area contributed by atoms with Gasteiger partial charge in [0.05, 0.1) is 17.9 Å². The molecule has 3 aromatic rings. The molecular formula is C21H21N3O3. The molecule has 0 bridgehead atoms. The number of hydrogen-bond acceptors (Lipinski definition) is 4. The topological polar surface area (TPSA) is 84.8 Å². The normalized spacial score (nSPS) is 10.8. The molecule has 1 N–H and O–H groups in total. The lowest BCUT2D eigenvalue weighted by Crippen LogP contribution is -2.40. The van der Waals surface area contributed by atoms with Crippen molar-refractivity contribution in [2.45, 2.75) is 33.7 Å². The van der Waals surface area contributed by atoms with Gasteiger partial charge in [0, 0.05) is 17.3 Å². The second-order valence-electron chi connectivity index (χ2n) is 6.56. The summed E-state index contributed by atoms with van der Waals surface area (Å²) in [5, 5.41) is 0. The van der Waals surface area contributed by atoms with Crippen molar-refractivity contribution >= 4 is 5.78 Å². The van der Waals surface area contributed by atoms with E-state index in [9.17, 15) is 14.4 Å². The number of ketones is 1. The Kier molecular flexibility index (Phi) is 5.16. The van der Waals surface area contributed by atoms with Gasteiger partial charge in [-0.25, -0.2) is 4.79 Å². The van der Waals surface area contributed by atoms with Crippen LogP contribution in [0.25, 0.3) is 0 Å². The van der Waals surface area contributed by atoms with E-state index in [1.54, 1.807) is 43.5 Å². The molecule has 0 saturated heterocycles. The fraction of sp³-hybridized carbons (Fsp3) is 0.238. The second kappa shape index (κ2) is 7.53. The highest BCUT2D eigenvalue weighted by molar-refractivity contribution is 6.08.